The summed E-state index contributed by atoms with van der Waals surface area (Å²) in [6.07, 6.45) is -0.759. The number of aliphatic hydroxyl groups excluding tert-OH is 1. The second-order valence-corrected chi connectivity index (χ2v) is 5.46. The van der Waals surface area contributed by atoms with Gasteiger partial charge in [-0.3, -0.25) is 4.79 Å². The van der Waals surface area contributed by atoms with Crippen molar-refractivity contribution in [3.8, 4) is 0 Å². The fourth-order valence-electron chi connectivity index (χ4n) is 1.77. The molecule has 0 aliphatic heterocycles. The van der Waals surface area contributed by atoms with Gasteiger partial charge >= 0.3 is 0 Å². The molecule has 19 heavy (non-hydrogen) atoms. The Morgan fingerprint density at radius 3 is 2.11 bits per heavy atom. The summed E-state index contributed by atoms with van der Waals surface area (Å²) in [5.74, 6) is -0.437. The molecule has 0 saturated carbocycles. The first kappa shape index (κ1) is 13.8. The molecule has 3 heteroatoms. The molecule has 0 bridgehead atoms. The largest absolute Gasteiger partial charge is 0.388 e. The number of thioether (sulfide) groups is 1. The molecule has 2 rings (SSSR count). The Balaban J connectivity index is 2.03. The Hall–Kier alpha value is -1.58. The average Bonchev–Trinajstić information content (AvgIpc) is 2.47. The summed E-state index contributed by atoms with van der Waals surface area (Å²) in [5, 5.41) is 10.2. The van der Waals surface area contributed by atoms with Gasteiger partial charge in [-0.2, -0.15) is 0 Å². The molecule has 98 valence electrons. The molecule has 2 nitrogen and oxygen atoms in total. The Labute approximate surface area is 117 Å². The zero-order chi connectivity index (χ0) is 13.7. The van der Waals surface area contributed by atoms with Crippen LogP contribution in [0.3, 0.4) is 0 Å². The smallest absolute Gasteiger partial charge is 0.199 e. The molecule has 0 radical (unpaired) electrons. The summed E-state index contributed by atoms with van der Waals surface area (Å²) in [4.78, 5) is 13.0. The molecule has 0 unspecified atom stereocenters. The van der Waals surface area contributed by atoms with Crippen molar-refractivity contribution < 1.29 is 9.90 Å². The van der Waals surface area contributed by atoms with E-state index >= 15 is 0 Å². The van der Waals surface area contributed by atoms with E-state index in [9.17, 15) is 9.90 Å². The number of carbonyl (C=O) groups is 1. The molecule has 0 aromatic heterocycles. The van der Waals surface area contributed by atoms with Gasteiger partial charge in [0.25, 0.3) is 0 Å². The van der Waals surface area contributed by atoms with Crippen LogP contribution in [0, 0.1) is 5.92 Å². The topological polar surface area (TPSA) is 37.3 Å². The maximum Gasteiger partial charge on any atom is 0.199 e. The zero-order valence-corrected chi connectivity index (χ0v) is 11.5. The highest BCUT2D eigenvalue weighted by atomic mass is 32.2. The van der Waals surface area contributed by atoms with E-state index in [4.69, 9.17) is 0 Å². The minimum Gasteiger partial charge on any atom is -0.388 e. The highest BCUT2D eigenvalue weighted by Gasteiger charge is 2.23. The van der Waals surface area contributed by atoms with Gasteiger partial charge in [0.1, 0.15) is 0 Å². The van der Waals surface area contributed by atoms with Gasteiger partial charge in [0.2, 0.25) is 0 Å². The number of hydrogen-bond donors (Lipinski definition) is 1. The van der Waals surface area contributed by atoms with Crippen LogP contribution in [0.4, 0.5) is 0 Å². The number of rotatable bonds is 4. The minimum absolute atomic E-state index is 0.0254. The van der Waals surface area contributed by atoms with Gasteiger partial charge in [-0.05, 0) is 17.7 Å². The number of carbonyl (C=O) groups excluding carboxylic acids is 1. The van der Waals surface area contributed by atoms with Crippen LogP contribution in [-0.2, 0) is 4.79 Å². The molecule has 2 aromatic carbocycles. The lowest BCUT2D eigenvalue weighted by atomic mass is 9.99. The van der Waals surface area contributed by atoms with Crippen LogP contribution in [-0.4, -0.2) is 10.2 Å². The Bertz CT molecular complexity index is 525. The van der Waals surface area contributed by atoms with E-state index in [1.54, 1.807) is 6.92 Å². The molecule has 0 aliphatic rings. The molecule has 0 spiro atoms. The lowest BCUT2D eigenvalue weighted by Crippen LogP contribution is -2.16. The first-order valence-corrected chi connectivity index (χ1v) is 7.00. The number of aliphatic hydroxyl groups is 1. The van der Waals surface area contributed by atoms with Gasteiger partial charge in [0, 0.05) is 4.90 Å². The van der Waals surface area contributed by atoms with Crippen molar-refractivity contribution in [2.24, 2.45) is 5.92 Å². The first-order chi connectivity index (χ1) is 9.18. The van der Waals surface area contributed by atoms with E-state index in [2.05, 4.69) is 0 Å². The summed E-state index contributed by atoms with van der Waals surface area (Å²) in [5.41, 5.74) is 0.775. The van der Waals surface area contributed by atoms with E-state index in [0.717, 1.165) is 10.5 Å². The van der Waals surface area contributed by atoms with Gasteiger partial charge in [-0.1, -0.05) is 67.2 Å². The van der Waals surface area contributed by atoms with Gasteiger partial charge < -0.3 is 5.11 Å². The van der Waals surface area contributed by atoms with Crippen molar-refractivity contribution in [3.63, 3.8) is 0 Å². The second-order valence-electron chi connectivity index (χ2n) is 4.38. The van der Waals surface area contributed by atoms with Gasteiger partial charge in [0.15, 0.2) is 5.12 Å². The van der Waals surface area contributed by atoms with E-state index in [1.807, 2.05) is 60.7 Å². The van der Waals surface area contributed by atoms with E-state index in [0.29, 0.717) is 0 Å². The van der Waals surface area contributed by atoms with E-state index in [1.165, 1.54) is 11.8 Å². The van der Waals surface area contributed by atoms with Crippen LogP contribution in [0.25, 0.3) is 0 Å². The van der Waals surface area contributed by atoms with Crippen molar-refractivity contribution >= 4 is 16.9 Å². The summed E-state index contributed by atoms with van der Waals surface area (Å²) in [6.45, 7) is 1.76. The highest BCUT2D eigenvalue weighted by Crippen LogP contribution is 2.29. The third-order valence-corrected chi connectivity index (χ3v) is 4.03. The van der Waals surface area contributed by atoms with Crippen molar-refractivity contribution in [1.29, 1.82) is 0 Å². The van der Waals surface area contributed by atoms with Crippen LogP contribution in [0.15, 0.2) is 65.6 Å². The third-order valence-electron chi connectivity index (χ3n) is 2.95. The van der Waals surface area contributed by atoms with Crippen LogP contribution in [0.5, 0.6) is 0 Å². The van der Waals surface area contributed by atoms with Crippen LogP contribution in [0.2, 0.25) is 0 Å². The Kier molecular flexibility index (Phi) is 4.77. The Morgan fingerprint density at radius 2 is 1.53 bits per heavy atom. The van der Waals surface area contributed by atoms with E-state index < -0.39 is 12.0 Å². The average molecular weight is 272 g/mol. The molecule has 0 fully saturated rings. The first-order valence-electron chi connectivity index (χ1n) is 6.18. The lowest BCUT2D eigenvalue weighted by molar-refractivity contribution is -0.117. The fourth-order valence-corrected chi connectivity index (χ4v) is 2.61. The maximum atomic E-state index is 12.1. The standard InChI is InChI=1S/C16H16O2S/c1-12(15(17)13-8-4-2-5-9-13)16(18)19-14-10-6-3-7-11-14/h2-12,15,17H,1H3/t12-,15+/m0/s1. The Morgan fingerprint density at radius 1 is 1.00 bits per heavy atom. The third kappa shape index (κ3) is 3.69. The molecule has 0 saturated heterocycles. The lowest BCUT2D eigenvalue weighted by Gasteiger charge is -2.17. The van der Waals surface area contributed by atoms with E-state index in [-0.39, 0.29) is 5.12 Å². The summed E-state index contributed by atoms with van der Waals surface area (Å²) < 4.78 is 0. The molecular weight excluding hydrogens is 256 g/mol. The monoisotopic (exact) mass is 272 g/mol. The van der Waals surface area contributed by atoms with Gasteiger partial charge in [-0.15, -0.1) is 0 Å². The molecule has 0 heterocycles. The minimum atomic E-state index is -0.759. The molecule has 0 aliphatic carbocycles. The molecular formula is C16H16O2S. The second kappa shape index (κ2) is 6.55. The molecule has 1 N–H and O–H groups in total. The predicted octanol–water partition coefficient (Wildman–Crippen LogP) is 3.68. The zero-order valence-electron chi connectivity index (χ0n) is 10.7. The van der Waals surface area contributed by atoms with Gasteiger partial charge in [-0.25, -0.2) is 0 Å². The van der Waals surface area contributed by atoms with Crippen LogP contribution in [0.1, 0.15) is 18.6 Å². The number of hydrogen-bond acceptors (Lipinski definition) is 3. The summed E-state index contributed by atoms with van der Waals surface area (Å²) >= 11 is 1.18. The molecule has 2 atom stereocenters. The normalized spacial score (nSPS) is 13.8. The predicted molar refractivity (Wildman–Crippen MR) is 77.9 cm³/mol. The molecule has 0 amide bonds. The molecule has 2 aromatic rings. The SMILES string of the molecule is C[C@H](C(=O)Sc1ccccc1)[C@@H](O)c1ccccc1. The van der Waals surface area contributed by atoms with Crippen molar-refractivity contribution in [3.05, 3.63) is 66.2 Å². The van der Waals surface area contributed by atoms with Crippen molar-refractivity contribution in [2.75, 3.05) is 0 Å². The van der Waals surface area contributed by atoms with Gasteiger partial charge in [0.05, 0.1) is 12.0 Å². The quantitative estimate of drug-likeness (QED) is 0.863. The fraction of sp³-hybridized carbons (Fsp3) is 0.188. The number of benzene rings is 2. The summed E-state index contributed by atoms with van der Waals surface area (Å²) in [7, 11) is 0. The van der Waals surface area contributed by atoms with Crippen LogP contribution < -0.4 is 0 Å². The summed E-state index contributed by atoms with van der Waals surface area (Å²) in [6, 6.07) is 18.8. The van der Waals surface area contributed by atoms with Crippen molar-refractivity contribution in [1.82, 2.24) is 0 Å². The van der Waals surface area contributed by atoms with Crippen LogP contribution >= 0.6 is 11.8 Å². The maximum absolute atomic E-state index is 12.1. The van der Waals surface area contributed by atoms with Crippen molar-refractivity contribution in [2.45, 2.75) is 17.9 Å². The highest BCUT2D eigenvalue weighted by molar-refractivity contribution is 8.13.